The monoisotopic (exact) mass is 279 g/mol. The fraction of sp³-hybridized carbons (Fsp3) is 0.615. The number of rotatable bonds is 2. The van der Waals surface area contributed by atoms with Gasteiger partial charge in [0.2, 0.25) is 11.8 Å². The van der Waals surface area contributed by atoms with Crippen LogP contribution >= 0.6 is 11.3 Å². The summed E-state index contributed by atoms with van der Waals surface area (Å²) in [6, 6.07) is -0.226. The van der Waals surface area contributed by atoms with Crippen molar-refractivity contribution in [2.45, 2.75) is 38.8 Å². The Morgan fingerprint density at radius 3 is 3.00 bits per heavy atom. The Bertz CT molecular complexity index is 514. The Hall–Kier alpha value is -1.43. The lowest BCUT2D eigenvalue weighted by atomic mass is 10.2. The predicted octanol–water partition coefficient (Wildman–Crippen LogP) is 1.17. The number of carbonyl (C=O) groups excluding carboxylic acids is 2. The van der Waals surface area contributed by atoms with Gasteiger partial charge in [-0.2, -0.15) is 0 Å². The summed E-state index contributed by atoms with van der Waals surface area (Å²) < 4.78 is 0. The molecule has 3 heterocycles. The molecule has 0 N–H and O–H groups in total. The molecule has 0 saturated carbocycles. The first-order chi connectivity index (χ1) is 9.15. The summed E-state index contributed by atoms with van der Waals surface area (Å²) in [7, 11) is 0. The highest BCUT2D eigenvalue weighted by Crippen LogP contribution is 2.24. The van der Waals surface area contributed by atoms with E-state index in [2.05, 4.69) is 4.98 Å². The van der Waals surface area contributed by atoms with Gasteiger partial charge in [0, 0.05) is 30.6 Å². The molecular weight excluding hydrogens is 262 g/mol. The van der Waals surface area contributed by atoms with Crippen molar-refractivity contribution in [2.75, 3.05) is 13.1 Å². The van der Waals surface area contributed by atoms with Gasteiger partial charge >= 0.3 is 0 Å². The Kier molecular flexibility index (Phi) is 3.26. The number of aromatic nitrogens is 1. The maximum Gasteiger partial charge on any atom is 0.245 e. The van der Waals surface area contributed by atoms with Crippen LogP contribution in [0, 0.1) is 6.92 Å². The minimum absolute atomic E-state index is 0.0937. The third-order valence-corrected chi connectivity index (χ3v) is 4.71. The molecule has 1 atom stereocenters. The van der Waals surface area contributed by atoms with Crippen molar-refractivity contribution in [1.82, 2.24) is 14.8 Å². The molecule has 6 heteroatoms. The topological polar surface area (TPSA) is 53.5 Å². The van der Waals surface area contributed by atoms with E-state index in [1.54, 1.807) is 21.1 Å². The smallest absolute Gasteiger partial charge is 0.245 e. The highest BCUT2D eigenvalue weighted by Gasteiger charge is 2.39. The van der Waals surface area contributed by atoms with Crippen LogP contribution in [-0.2, 0) is 16.1 Å². The molecule has 5 nitrogen and oxygen atoms in total. The molecule has 0 bridgehead atoms. The zero-order valence-electron chi connectivity index (χ0n) is 11.0. The van der Waals surface area contributed by atoms with E-state index in [9.17, 15) is 9.59 Å². The third-order valence-electron chi connectivity index (χ3n) is 3.76. The Balaban J connectivity index is 1.78. The summed E-state index contributed by atoms with van der Waals surface area (Å²) in [5, 5.41) is 2.94. The van der Waals surface area contributed by atoms with Gasteiger partial charge in [-0.3, -0.25) is 9.59 Å². The number of amides is 2. The average molecular weight is 279 g/mol. The fourth-order valence-corrected chi connectivity index (χ4v) is 3.60. The van der Waals surface area contributed by atoms with Crippen LogP contribution in [0.5, 0.6) is 0 Å². The van der Waals surface area contributed by atoms with Crippen LogP contribution in [0.4, 0.5) is 0 Å². The number of nitrogens with zero attached hydrogens (tertiary/aromatic N) is 3. The zero-order valence-corrected chi connectivity index (χ0v) is 11.8. The summed E-state index contributed by atoms with van der Waals surface area (Å²) in [6.07, 6.45) is 2.18. The first-order valence-corrected chi connectivity index (χ1v) is 7.52. The molecule has 1 unspecified atom stereocenters. The van der Waals surface area contributed by atoms with Crippen molar-refractivity contribution in [3.63, 3.8) is 0 Å². The maximum atomic E-state index is 12.5. The second-order valence-corrected chi connectivity index (χ2v) is 6.08. The fourth-order valence-electron chi connectivity index (χ4n) is 2.81. The van der Waals surface area contributed by atoms with Crippen molar-refractivity contribution >= 4 is 23.2 Å². The molecule has 0 spiro atoms. The molecule has 3 rings (SSSR count). The molecule has 0 aliphatic carbocycles. The number of fused-ring (bicyclic) bond motifs is 1. The summed E-state index contributed by atoms with van der Waals surface area (Å²) >= 11 is 1.57. The van der Waals surface area contributed by atoms with E-state index in [1.807, 2.05) is 12.3 Å². The summed E-state index contributed by atoms with van der Waals surface area (Å²) in [5.41, 5.74) is 0.987. The molecule has 2 amide bonds. The van der Waals surface area contributed by atoms with Crippen LogP contribution in [0.25, 0.3) is 0 Å². The maximum absolute atomic E-state index is 12.5. The van der Waals surface area contributed by atoms with Crippen LogP contribution < -0.4 is 0 Å². The lowest BCUT2D eigenvalue weighted by molar-refractivity contribution is -0.139. The quantitative estimate of drug-likeness (QED) is 0.816. The minimum atomic E-state index is -0.226. The van der Waals surface area contributed by atoms with E-state index in [-0.39, 0.29) is 17.9 Å². The number of aryl methyl sites for hydroxylation is 1. The first-order valence-electron chi connectivity index (χ1n) is 6.64. The summed E-state index contributed by atoms with van der Waals surface area (Å²) in [4.78, 5) is 32.4. The molecule has 2 fully saturated rings. The van der Waals surface area contributed by atoms with Crippen LogP contribution in [0.15, 0.2) is 5.38 Å². The first kappa shape index (κ1) is 12.6. The largest absolute Gasteiger partial charge is 0.334 e. The number of thiazole rings is 1. The summed E-state index contributed by atoms with van der Waals surface area (Å²) in [5.74, 6) is 0.213. The Morgan fingerprint density at radius 2 is 2.26 bits per heavy atom. The Morgan fingerprint density at radius 1 is 1.42 bits per heavy atom. The van der Waals surface area contributed by atoms with E-state index in [0.29, 0.717) is 19.5 Å². The van der Waals surface area contributed by atoms with E-state index in [4.69, 9.17) is 0 Å². The number of carbonyl (C=O) groups is 2. The van der Waals surface area contributed by atoms with Gasteiger partial charge in [-0.1, -0.05) is 0 Å². The normalized spacial score (nSPS) is 23.7. The SMILES string of the molecule is Cc1csc(CN2CCC(=O)N3CCCC3C2=O)n1. The lowest BCUT2D eigenvalue weighted by Crippen LogP contribution is -2.43. The molecule has 0 aromatic carbocycles. The van der Waals surface area contributed by atoms with E-state index in [0.717, 1.165) is 30.1 Å². The van der Waals surface area contributed by atoms with Crippen molar-refractivity contribution in [3.05, 3.63) is 16.1 Å². The van der Waals surface area contributed by atoms with E-state index in [1.165, 1.54) is 0 Å². The van der Waals surface area contributed by atoms with Crippen molar-refractivity contribution in [2.24, 2.45) is 0 Å². The predicted molar refractivity (Wildman–Crippen MR) is 71.6 cm³/mol. The highest BCUT2D eigenvalue weighted by atomic mass is 32.1. The molecular formula is C13H17N3O2S. The second-order valence-electron chi connectivity index (χ2n) is 5.14. The molecule has 1 aromatic rings. The minimum Gasteiger partial charge on any atom is -0.334 e. The Labute approximate surface area is 116 Å². The highest BCUT2D eigenvalue weighted by molar-refractivity contribution is 7.09. The summed E-state index contributed by atoms with van der Waals surface area (Å²) in [6.45, 7) is 3.74. The third kappa shape index (κ3) is 2.36. The van der Waals surface area contributed by atoms with Crippen LogP contribution in [0.2, 0.25) is 0 Å². The molecule has 19 heavy (non-hydrogen) atoms. The van der Waals surface area contributed by atoms with Crippen molar-refractivity contribution < 1.29 is 9.59 Å². The van der Waals surface area contributed by atoms with E-state index >= 15 is 0 Å². The van der Waals surface area contributed by atoms with Gasteiger partial charge in [-0.25, -0.2) is 4.98 Å². The molecule has 2 aliphatic heterocycles. The standard InChI is InChI=1S/C13H17N3O2S/c1-9-8-19-11(14-9)7-15-6-4-12(17)16-5-2-3-10(16)13(15)18/h8,10H,2-7H2,1H3. The average Bonchev–Trinajstić information content (AvgIpc) is 2.99. The van der Waals surface area contributed by atoms with E-state index < -0.39 is 0 Å². The molecule has 1 aromatic heterocycles. The number of hydrogen-bond acceptors (Lipinski definition) is 4. The van der Waals surface area contributed by atoms with Gasteiger partial charge in [-0.05, 0) is 19.8 Å². The van der Waals surface area contributed by atoms with Crippen molar-refractivity contribution in [3.8, 4) is 0 Å². The second kappa shape index (κ2) is 4.92. The van der Waals surface area contributed by atoms with Crippen LogP contribution in [-0.4, -0.2) is 45.7 Å². The molecule has 2 aliphatic rings. The van der Waals surface area contributed by atoms with Gasteiger partial charge in [0.1, 0.15) is 11.0 Å². The lowest BCUT2D eigenvalue weighted by Gasteiger charge is -2.24. The van der Waals surface area contributed by atoms with Gasteiger partial charge in [-0.15, -0.1) is 11.3 Å². The van der Waals surface area contributed by atoms with Crippen LogP contribution in [0.3, 0.4) is 0 Å². The molecule has 0 radical (unpaired) electrons. The molecule has 2 saturated heterocycles. The number of hydrogen-bond donors (Lipinski definition) is 0. The molecule has 102 valence electrons. The van der Waals surface area contributed by atoms with Gasteiger partial charge in [0.25, 0.3) is 0 Å². The van der Waals surface area contributed by atoms with Gasteiger partial charge in [0.05, 0.1) is 6.54 Å². The van der Waals surface area contributed by atoms with Gasteiger partial charge < -0.3 is 9.80 Å². The zero-order chi connectivity index (χ0) is 13.4. The van der Waals surface area contributed by atoms with Gasteiger partial charge in [0.15, 0.2) is 0 Å². The van der Waals surface area contributed by atoms with Crippen molar-refractivity contribution in [1.29, 1.82) is 0 Å². The van der Waals surface area contributed by atoms with Crippen LogP contribution in [0.1, 0.15) is 30.0 Å².